The fourth-order valence-electron chi connectivity index (χ4n) is 0.849. The summed E-state index contributed by atoms with van der Waals surface area (Å²) < 4.78 is 0. The number of nitrogens with two attached hydrogens (primary N) is 1. The predicted octanol–water partition coefficient (Wildman–Crippen LogP) is 2.51. The first kappa shape index (κ1) is 11.7. The normalized spacial score (nSPS) is 8.54. The third-order valence-corrected chi connectivity index (χ3v) is 1.41. The Morgan fingerprint density at radius 2 is 1.77 bits per heavy atom. The summed E-state index contributed by atoms with van der Waals surface area (Å²) in [5.74, 6) is -0.363. The van der Waals surface area contributed by atoms with Gasteiger partial charge in [0.25, 0.3) is 0 Å². The van der Waals surface area contributed by atoms with Crippen LogP contribution in [0, 0.1) is 6.92 Å². The highest BCUT2D eigenvalue weighted by Crippen LogP contribution is 2.04. The van der Waals surface area contributed by atoms with Gasteiger partial charge in [0.2, 0.25) is 5.91 Å². The fraction of sp³-hybridized carbons (Fsp3) is 0.364. The van der Waals surface area contributed by atoms with E-state index in [2.05, 4.69) is 13.8 Å². The van der Waals surface area contributed by atoms with Crippen LogP contribution in [0.1, 0.15) is 36.2 Å². The highest BCUT2D eigenvalue weighted by Gasteiger charge is 2.00. The Morgan fingerprint density at radius 3 is 2.08 bits per heavy atom. The standard InChI is InChI=1S/C8H9NO.C3H8/c1-6-4-2-3-5-7(6)8(9)10;1-3-2/h2-5H,1H3,(H2,9,10);3H2,1-2H3. The molecule has 13 heavy (non-hydrogen) atoms. The maximum atomic E-state index is 10.6. The Morgan fingerprint density at radius 1 is 1.31 bits per heavy atom. The van der Waals surface area contributed by atoms with E-state index in [9.17, 15) is 4.79 Å². The highest BCUT2D eigenvalue weighted by molar-refractivity contribution is 5.94. The van der Waals surface area contributed by atoms with E-state index >= 15 is 0 Å². The lowest BCUT2D eigenvalue weighted by atomic mass is 10.1. The second-order valence-electron chi connectivity index (χ2n) is 2.89. The Bertz CT molecular complexity index is 269. The van der Waals surface area contributed by atoms with Gasteiger partial charge in [-0.15, -0.1) is 0 Å². The van der Waals surface area contributed by atoms with Gasteiger partial charge in [0, 0.05) is 5.56 Å². The molecule has 1 rings (SSSR count). The smallest absolute Gasteiger partial charge is 0.248 e. The van der Waals surface area contributed by atoms with Gasteiger partial charge in [-0.25, -0.2) is 0 Å². The van der Waals surface area contributed by atoms with Crippen molar-refractivity contribution >= 4 is 5.91 Å². The molecule has 0 saturated heterocycles. The van der Waals surface area contributed by atoms with Crippen LogP contribution in [0.25, 0.3) is 0 Å². The average molecular weight is 179 g/mol. The number of carbonyl (C=O) groups is 1. The third-order valence-electron chi connectivity index (χ3n) is 1.41. The van der Waals surface area contributed by atoms with Gasteiger partial charge in [0.1, 0.15) is 0 Å². The van der Waals surface area contributed by atoms with Gasteiger partial charge in [-0.1, -0.05) is 38.5 Å². The number of rotatable bonds is 1. The molecule has 0 atom stereocenters. The van der Waals surface area contributed by atoms with Gasteiger partial charge in [0.15, 0.2) is 0 Å². The molecule has 2 heteroatoms. The summed E-state index contributed by atoms with van der Waals surface area (Å²) in [7, 11) is 0. The molecule has 0 bridgehead atoms. The highest BCUT2D eigenvalue weighted by atomic mass is 16.1. The van der Waals surface area contributed by atoms with Crippen molar-refractivity contribution in [1.82, 2.24) is 0 Å². The summed E-state index contributed by atoms with van der Waals surface area (Å²) in [5, 5.41) is 0. The van der Waals surface area contributed by atoms with Crippen LogP contribution in [0.4, 0.5) is 0 Å². The number of aryl methyl sites for hydroxylation is 1. The number of carbonyl (C=O) groups excluding carboxylic acids is 1. The minimum atomic E-state index is -0.363. The number of hydrogen-bond acceptors (Lipinski definition) is 1. The molecule has 1 amide bonds. The molecule has 0 aliphatic carbocycles. The molecule has 0 aromatic heterocycles. The lowest BCUT2D eigenvalue weighted by molar-refractivity contribution is 0.0999. The van der Waals surface area contributed by atoms with E-state index in [1.54, 1.807) is 12.1 Å². The van der Waals surface area contributed by atoms with Crippen LogP contribution in [0.2, 0.25) is 0 Å². The quantitative estimate of drug-likeness (QED) is 0.707. The van der Waals surface area contributed by atoms with E-state index in [0.29, 0.717) is 5.56 Å². The summed E-state index contributed by atoms with van der Waals surface area (Å²) in [6, 6.07) is 7.26. The van der Waals surface area contributed by atoms with E-state index in [1.165, 1.54) is 6.42 Å². The predicted molar refractivity (Wildman–Crippen MR) is 55.7 cm³/mol. The molecule has 2 N–H and O–H groups in total. The van der Waals surface area contributed by atoms with Crippen LogP contribution < -0.4 is 5.73 Å². The molecule has 0 spiro atoms. The summed E-state index contributed by atoms with van der Waals surface area (Å²) in [6.07, 6.45) is 1.25. The van der Waals surface area contributed by atoms with Gasteiger partial charge in [-0.05, 0) is 18.6 Å². The average Bonchev–Trinajstić information content (AvgIpc) is 2.06. The van der Waals surface area contributed by atoms with Gasteiger partial charge >= 0.3 is 0 Å². The lowest BCUT2D eigenvalue weighted by Gasteiger charge is -1.97. The first-order chi connectivity index (χ1) is 6.13. The first-order valence-electron chi connectivity index (χ1n) is 4.48. The van der Waals surface area contributed by atoms with Crippen LogP contribution in [-0.4, -0.2) is 5.91 Å². The number of amides is 1. The molecule has 0 saturated carbocycles. The van der Waals surface area contributed by atoms with Crippen molar-refractivity contribution in [2.45, 2.75) is 27.2 Å². The Kier molecular flexibility index (Phi) is 5.60. The van der Waals surface area contributed by atoms with Gasteiger partial charge in [-0.2, -0.15) is 0 Å². The second-order valence-corrected chi connectivity index (χ2v) is 2.89. The van der Waals surface area contributed by atoms with E-state index in [-0.39, 0.29) is 5.91 Å². The van der Waals surface area contributed by atoms with Crippen LogP contribution in [0.15, 0.2) is 24.3 Å². The zero-order valence-corrected chi connectivity index (χ0v) is 8.50. The lowest BCUT2D eigenvalue weighted by Crippen LogP contribution is -2.12. The molecule has 0 aliphatic rings. The maximum absolute atomic E-state index is 10.6. The van der Waals surface area contributed by atoms with Crippen LogP contribution in [-0.2, 0) is 0 Å². The molecule has 72 valence electrons. The summed E-state index contributed by atoms with van der Waals surface area (Å²) in [5.41, 5.74) is 6.60. The van der Waals surface area contributed by atoms with E-state index in [0.717, 1.165) is 5.56 Å². The number of benzene rings is 1. The van der Waals surface area contributed by atoms with Gasteiger partial charge in [-0.3, -0.25) is 4.79 Å². The first-order valence-corrected chi connectivity index (χ1v) is 4.48. The molecule has 1 aromatic rings. The molecule has 0 unspecified atom stereocenters. The zero-order valence-electron chi connectivity index (χ0n) is 8.50. The van der Waals surface area contributed by atoms with Crippen molar-refractivity contribution in [2.24, 2.45) is 5.73 Å². The maximum Gasteiger partial charge on any atom is 0.248 e. The molecule has 0 fully saturated rings. The van der Waals surface area contributed by atoms with Crippen LogP contribution >= 0.6 is 0 Å². The Labute approximate surface area is 79.8 Å². The Balaban J connectivity index is 0.000000424. The molecule has 2 nitrogen and oxygen atoms in total. The van der Waals surface area contributed by atoms with Crippen molar-refractivity contribution in [1.29, 1.82) is 0 Å². The number of primary amides is 1. The van der Waals surface area contributed by atoms with Gasteiger partial charge < -0.3 is 5.73 Å². The summed E-state index contributed by atoms with van der Waals surface area (Å²) in [4.78, 5) is 10.6. The van der Waals surface area contributed by atoms with Gasteiger partial charge in [0.05, 0.1) is 0 Å². The van der Waals surface area contributed by atoms with Crippen molar-refractivity contribution < 1.29 is 4.79 Å². The molecule has 0 aliphatic heterocycles. The van der Waals surface area contributed by atoms with Crippen molar-refractivity contribution in [3.05, 3.63) is 35.4 Å². The summed E-state index contributed by atoms with van der Waals surface area (Å²) >= 11 is 0. The van der Waals surface area contributed by atoms with E-state index in [1.807, 2.05) is 19.1 Å². The van der Waals surface area contributed by atoms with E-state index < -0.39 is 0 Å². The fourth-order valence-corrected chi connectivity index (χ4v) is 0.849. The summed E-state index contributed by atoms with van der Waals surface area (Å²) in [6.45, 7) is 6.11. The van der Waals surface area contributed by atoms with Crippen LogP contribution in [0.3, 0.4) is 0 Å². The topological polar surface area (TPSA) is 43.1 Å². The zero-order chi connectivity index (χ0) is 10.3. The SMILES string of the molecule is CCC.Cc1ccccc1C(N)=O. The van der Waals surface area contributed by atoms with Crippen molar-refractivity contribution in [3.63, 3.8) is 0 Å². The van der Waals surface area contributed by atoms with Crippen LogP contribution in [0.5, 0.6) is 0 Å². The largest absolute Gasteiger partial charge is 0.366 e. The molecule has 0 heterocycles. The molecule has 1 aromatic carbocycles. The molecular weight excluding hydrogens is 162 g/mol. The number of hydrogen-bond donors (Lipinski definition) is 1. The molecular formula is C11H17NO. The minimum Gasteiger partial charge on any atom is -0.366 e. The second kappa shape index (κ2) is 6.23. The third kappa shape index (κ3) is 4.31. The minimum absolute atomic E-state index is 0.363. The Hall–Kier alpha value is -1.31. The monoisotopic (exact) mass is 179 g/mol. The van der Waals surface area contributed by atoms with Crippen molar-refractivity contribution in [3.8, 4) is 0 Å². The van der Waals surface area contributed by atoms with Crippen molar-refractivity contribution in [2.75, 3.05) is 0 Å². The molecule has 0 radical (unpaired) electrons. The van der Waals surface area contributed by atoms with E-state index in [4.69, 9.17) is 5.73 Å².